The highest BCUT2D eigenvalue weighted by Crippen LogP contribution is 2.12. The number of rotatable bonds is 40. The van der Waals surface area contributed by atoms with E-state index in [9.17, 15) is 14.4 Å². The molecule has 57 heavy (non-hydrogen) atoms. The molecule has 0 saturated heterocycles. The molecule has 0 N–H and O–H groups in total. The molecule has 0 aromatic rings. The Labute approximate surface area is 350 Å². The predicted molar refractivity (Wildman–Crippen MR) is 242 cm³/mol. The molecular formula is C51H84O6. The van der Waals surface area contributed by atoms with E-state index in [1.807, 2.05) is 0 Å². The minimum atomic E-state index is -0.799. The zero-order valence-corrected chi connectivity index (χ0v) is 36.8. The van der Waals surface area contributed by atoms with Gasteiger partial charge in [-0.25, -0.2) is 0 Å². The van der Waals surface area contributed by atoms with Crippen LogP contribution in [0.4, 0.5) is 0 Å². The Balaban J connectivity index is 4.34. The second-order valence-electron chi connectivity index (χ2n) is 14.9. The minimum absolute atomic E-state index is 0.0994. The number of carbonyl (C=O) groups excluding carboxylic acids is 3. The monoisotopic (exact) mass is 793 g/mol. The quantitative estimate of drug-likeness (QED) is 0.0266. The van der Waals surface area contributed by atoms with Gasteiger partial charge in [0, 0.05) is 19.3 Å². The molecule has 6 nitrogen and oxygen atoms in total. The number of hydrogen-bond acceptors (Lipinski definition) is 6. The Kier molecular flexibility index (Phi) is 42.6. The summed E-state index contributed by atoms with van der Waals surface area (Å²) in [4.78, 5) is 37.5. The molecule has 0 aromatic heterocycles. The third kappa shape index (κ3) is 43.6. The van der Waals surface area contributed by atoms with Crippen LogP contribution < -0.4 is 0 Å². The van der Waals surface area contributed by atoms with Gasteiger partial charge in [-0.15, -0.1) is 0 Å². The molecule has 0 spiro atoms. The van der Waals surface area contributed by atoms with Crippen molar-refractivity contribution in [2.75, 3.05) is 13.2 Å². The van der Waals surface area contributed by atoms with Crippen LogP contribution in [-0.4, -0.2) is 37.2 Å². The van der Waals surface area contributed by atoms with Crippen LogP contribution in [0.25, 0.3) is 0 Å². The zero-order chi connectivity index (χ0) is 41.5. The number of hydrogen-bond donors (Lipinski definition) is 0. The summed E-state index contributed by atoms with van der Waals surface area (Å²) < 4.78 is 16.6. The van der Waals surface area contributed by atoms with Gasteiger partial charge in [0.1, 0.15) is 13.2 Å². The Morgan fingerprint density at radius 3 is 1.18 bits per heavy atom. The minimum Gasteiger partial charge on any atom is -0.462 e. The van der Waals surface area contributed by atoms with E-state index in [0.29, 0.717) is 19.3 Å². The van der Waals surface area contributed by atoms with Gasteiger partial charge in [-0.2, -0.15) is 0 Å². The van der Waals surface area contributed by atoms with Crippen LogP contribution in [0.15, 0.2) is 85.1 Å². The van der Waals surface area contributed by atoms with Crippen molar-refractivity contribution in [3.8, 4) is 0 Å². The molecule has 0 aliphatic heterocycles. The van der Waals surface area contributed by atoms with Gasteiger partial charge >= 0.3 is 17.9 Å². The fraction of sp³-hybridized carbons (Fsp3) is 0.667. The second-order valence-corrected chi connectivity index (χ2v) is 14.9. The van der Waals surface area contributed by atoms with E-state index < -0.39 is 6.10 Å². The maximum atomic E-state index is 12.7. The number of allylic oxidation sites excluding steroid dienone is 14. The van der Waals surface area contributed by atoms with E-state index in [0.717, 1.165) is 103 Å². The summed E-state index contributed by atoms with van der Waals surface area (Å²) in [6.45, 7) is 6.33. The summed E-state index contributed by atoms with van der Waals surface area (Å²) >= 11 is 0. The Bertz CT molecular complexity index is 1140. The summed E-state index contributed by atoms with van der Waals surface area (Å²) in [6, 6.07) is 0. The summed E-state index contributed by atoms with van der Waals surface area (Å²) in [6.07, 6.45) is 57.4. The van der Waals surface area contributed by atoms with E-state index >= 15 is 0 Å². The molecule has 6 heteroatoms. The van der Waals surface area contributed by atoms with E-state index in [2.05, 4.69) is 106 Å². The topological polar surface area (TPSA) is 78.9 Å². The smallest absolute Gasteiger partial charge is 0.306 e. The lowest BCUT2D eigenvalue weighted by molar-refractivity contribution is -0.167. The number of carbonyl (C=O) groups is 3. The highest BCUT2D eigenvalue weighted by atomic mass is 16.6. The standard InChI is InChI=1S/C51H84O6/c1-4-7-10-13-15-17-19-21-23-25-27-29-31-33-35-38-41-44-50(53)56-47-48(46-55-49(52)43-40-37-12-9-6-3)57-51(54)45-42-39-36-34-32-30-28-26-24-22-20-18-16-14-11-8-5-2/h7,10,15-18,21-24,27,29,33,35,48H,4-6,8-9,11-14,19-20,25-26,28,30-32,34,36-47H2,1-3H3/b10-7-,17-15-,18-16-,23-21-,24-22-,29-27-,35-33-. The normalized spacial score (nSPS) is 12.8. The van der Waals surface area contributed by atoms with Gasteiger partial charge in [0.15, 0.2) is 6.10 Å². The lowest BCUT2D eigenvalue weighted by Gasteiger charge is -2.18. The van der Waals surface area contributed by atoms with Crippen molar-refractivity contribution in [2.24, 2.45) is 0 Å². The third-order valence-corrected chi connectivity index (χ3v) is 9.38. The van der Waals surface area contributed by atoms with E-state index in [1.54, 1.807) is 0 Å². The van der Waals surface area contributed by atoms with Gasteiger partial charge in [-0.1, -0.05) is 176 Å². The van der Waals surface area contributed by atoms with Crippen molar-refractivity contribution in [2.45, 2.75) is 207 Å². The summed E-state index contributed by atoms with van der Waals surface area (Å²) in [7, 11) is 0. The molecule has 0 aliphatic rings. The molecular weight excluding hydrogens is 709 g/mol. The van der Waals surface area contributed by atoms with Crippen LogP contribution in [0.2, 0.25) is 0 Å². The number of unbranched alkanes of at least 4 members (excludes halogenated alkanes) is 15. The first kappa shape index (κ1) is 53.6. The van der Waals surface area contributed by atoms with Crippen LogP contribution in [-0.2, 0) is 28.6 Å². The summed E-state index contributed by atoms with van der Waals surface area (Å²) in [5.41, 5.74) is 0. The van der Waals surface area contributed by atoms with Gasteiger partial charge in [0.05, 0.1) is 0 Å². The molecule has 0 rings (SSSR count). The van der Waals surface area contributed by atoms with Crippen molar-refractivity contribution >= 4 is 17.9 Å². The SMILES string of the molecule is CC/C=C\C/C=C\C/C=C\C/C=C\C/C=C\CCCC(=O)OCC(COC(=O)CCCCCCC)OC(=O)CCCCCCCCC/C=C\C/C=C\CCCCC. The fourth-order valence-electron chi connectivity index (χ4n) is 5.92. The Hall–Kier alpha value is -3.41. The van der Waals surface area contributed by atoms with Crippen LogP contribution in [0.3, 0.4) is 0 Å². The fourth-order valence-corrected chi connectivity index (χ4v) is 5.92. The predicted octanol–water partition coefficient (Wildman–Crippen LogP) is 14.9. The maximum Gasteiger partial charge on any atom is 0.306 e. The molecule has 0 amide bonds. The first-order chi connectivity index (χ1) is 28.0. The molecule has 0 bridgehead atoms. The first-order valence-electron chi connectivity index (χ1n) is 23.1. The average Bonchev–Trinajstić information content (AvgIpc) is 3.21. The highest BCUT2D eigenvalue weighted by molar-refractivity contribution is 5.71. The molecule has 0 fully saturated rings. The van der Waals surface area contributed by atoms with E-state index in [4.69, 9.17) is 14.2 Å². The van der Waals surface area contributed by atoms with Crippen molar-refractivity contribution < 1.29 is 28.6 Å². The number of ether oxygens (including phenoxy) is 3. The Morgan fingerprint density at radius 1 is 0.368 bits per heavy atom. The lowest BCUT2D eigenvalue weighted by Crippen LogP contribution is -2.30. The zero-order valence-electron chi connectivity index (χ0n) is 36.8. The van der Waals surface area contributed by atoms with Gasteiger partial charge in [0.2, 0.25) is 0 Å². The summed E-state index contributed by atoms with van der Waals surface area (Å²) in [5.74, 6) is -0.989. The second kappa shape index (κ2) is 45.3. The Morgan fingerprint density at radius 2 is 0.702 bits per heavy atom. The van der Waals surface area contributed by atoms with Crippen LogP contribution in [0.1, 0.15) is 201 Å². The summed E-state index contributed by atoms with van der Waals surface area (Å²) in [5, 5.41) is 0. The molecule has 0 saturated carbocycles. The highest BCUT2D eigenvalue weighted by Gasteiger charge is 2.19. The van der Waals surface area contributed by atoms with Gasteiger partial charge in [-0.3, -0.25) is 14.4 Å². The molecule has 0 radical (unpaired) electrons. The van der Waals surface area contributed by atoms with Gasteiger partial charge in [-0.05, 0) is 89.9 Å². The third-order valence-electron chi connectivity index (χ3n) is 9.38. The molecule has 1 unspecified atom stereocenters. The van der Waals surface area contributed by atoms with E-state index in [1.165, 1.54) is 51.4 Å². The molecule has 0 heterocycles. The molecule has 1 atom stereocenters. The van der Waals surface area contributed by atoms with Crippen molar-refractivity contribution in [1.29, 1.82) is 0 Å². The van der Waals surface area contributed by atoms with Crippen molar-refractivity contribution in [1.82, 2.24) is 0 Å². The molecule has 324 valence electrons. The number of esters is 3. The van der Waals surface area contributed by atoms with Crippen LogP contribution in [0, 0.1) is 0 Å². The van der Waals surface area contributed by atoms with Gasteiger partial charge in [0.25, 0.3) is 0 Å². The van der Waals surface area contributed by atoms with Crippen LogP contribution >= 0.6 is 0 Å². The molecule has 0 aliphatic carbocycles. The largest absolute Gasteiger partial charge is 0.462 e. The van der Waals surface area contributed by atoms with Crippen molar-refractivity contribution in [3.63, 3.8) is 0 Å². The first-order valence-corrected chi connectivity index (χ1v) is 23.1. The van der Waals surface area contributed by atoms with Crippen LogP contribution in [0.5, 0.6) is 0 Å². The van der Waals surface area contributed by atoms with E-state index in [-0.39, 0.29) is 37.5 Å². The average molecular weight is 793 g/mol. The molecule has 0 aromatic carbocycles. The van der Waals surface area contributed by atoms with Crippen molar-refractivity contribution in [3.05, 3.63) is 85.1 Å². The lowest BCUT2D eigenvalue weighted by atomic mass is 10.1. The van der Waals surface area contributed by atoms with Gasteiger partial charge < -0.3 is 14.2 Å². The maximum absolute atomic E-state index is 12.7.